The van der Waals surface area contributed by atoms with Crippen LogP contribution in [0.2, 0.25) is 0 Å². The highest BCUT2D eigenvalue weighted by Crippen LogP contribution is 2.26. The molecule has 0 aliphatic heterocycles. The molecule has 0 spiro atoms. The van der Waals surface area contributed by atoms with Crippen molar-refractivity contribution in [3.63, 3.8) is 0 Å². The van der Waals surface area contributed by atoms with E-state index in [1.54, 1.807) is 6.07 Å². The molecule has 0 unspecified atom stereocenters. The fourth-order valence-electron chi connectivity index (χ4n) is 1.16. The van der Waals surface area contributed by atoms with Crippen molar-refractivity contribution < 1.29 is 14.3 Å². The third-order valence-corrected chi connectivity index (χ3v) is 3.16. The minimum atomic E-state index is -0.0568. The van der Waals surface area contributed by atoms with Gasteiger partial charge in [-0.15, -0.1) is 0 Å². The number of ketones is 1. The summed E-state index contributed by atoms with van der Waals surface area (Å²) in [6.07, 6.45) is 0.687. The topological polar surface area (TPSA) is 43.4 Å². The first-order chi connectivity index (χ1) is 7.13. The number of halogens is 2. The average molecular weight is 383 g/mol. The lowest BCUT2D eigenvalue weighted by Crippen LogP contribution is -2.03. The molecule has 1 aromatic rings. The summed E-state index contributed by atoms with van der Waals surface area (Å²) in [5.74, 6) is 0.454. The number of benzene rings is 1. The van der Waals surface area contributed by atoms with Gasteiger partial charge in [0.1, 0.15) is 5.75 Å². The Balaban J connectivity index is 3.31. The molecule has 1 rings (SSSR count). The molecule has 0 fully saturated rings. The molecule has 0 aliphatic rings. The minimum absolute atomic E-state index is 0.0568. The van der Waals surface area contributed by atoms with E-state index in [2.05, 4.69) is 15.9 Å². The smallest absolute Gasteiger partial charge is 0.173 e. The standard InChI is InChI=1S/C10H8BrIO3/c1-15-10-7(5-13)2-6(3-8(10)12)9(14)4-11/h2-3,5H,4H2,1H3. The highest BCUT2D eigenvalue weighted by Gasteiger charge is 2.12. The number of hydrogen-bond acceptors (Lipinski definition) is 3. The molecular formula is C10H8BrIO3. The fourth-order valence-corrected chi connectivity index (χ4v) is 2.35. The monoisotopic (exact) mass is 382 g/mol. The predicted molar refractivity (Wildman–Crippen MR) is 69.2 cm³/mol. The lowest BCUT2D eigenvalue weighted by molar-refractivity contribution is 0.102. The van der Waals surface area contributed by atoms with E-state index in [-0.39, 0.29) is 11.1 Å². The van der Waals surface area contributed by atoms with Crippen molar-refractivity contribution in [2.45, 2.75) is 0 Å². The highest BCUT2D eigenvalue weighted by molar-refractivity contribution is 14.1. The van der Waals surface area contributed by atoms with Crippen LogP contribution in [0, 0.1) is 3.57 Å². The molecule has 0 atom stereocenters. The summed E-state index contributed by atoms with van der Waals surface area (Å²) in [6.45, 7) is 0. The van der Waals surface area contributed by atoms with Gasteiger partial charge in [0.25, 0.3) is 0 Å². The molecule has 0 heterocycles. The maximum Gasteiger partial charge on any atom is 0.173 e. The molecule has 0 aliphatic carbocycles. The highest BCUT2D eigenvalue weighted by atomic mass is 127. The van der Waals surface area contributed by atoms with Gasteiger partial charge in [0, 0.05) is 5.56 Å². The summed E-state index contributed by atoms with van der Waals surface area (Å²) in [6, 6.07) is 3.24. The Morgan fingerprint density at radius 2 is 2.27 bits per heavy atom. The van der Waals surface area contributed by atoms with Gasteiger partial charge in [0.15, 0.2) is 12.1 Å². The second-order valence-electron chi connectivity index (χ2n) is 2.76. The van der Waals surface area contributed by atoms with Crippen molar-refractivity contribution in [3.05, 3.63) is 26.8 Å². The summed E-state index contributed by atoms with van der Waals surface area (Å²) >= 11 is 5.12. The van der Waals surface area contributed by atoms with Gasteiger partial charge in [0.05, 0.1) is 21.6 Å². The number of Topliss-reactive ketones (excluding diaryl/α,β-unsaturated/α-hetero) is 1. The SMILES string of the molecule is COc1c(I)cc(C(=O)CBr)cc1C=O. The van der Waals surface area contributed by atoms with Gasteiger partial charge in [-0.1, -0.05) is 15.9 Å². The van der Waals surface area contributed by atoms with Gasteiger partial charge in [-0.2, -0.15) is 0 Å². The summed E-state index contributed by atoms with van der Waals surface area (Å²) < 4.78 is 5.83. The number of hydrogen-bond donors (Lipinski definition) is 0. The van der Waals surface area contributed by atoms with Crippen molar-refractivity contribution in [2.75, 3.05) is 12.4 Å². The van der Waals surface area contributed by atoms with Gasteiger partial charge >= 0.3 is 0 Å². The number of alkyl halides is 1. The van der Waals surface area contributed by atoms with Crippen molar-refractivity contribution in [2.24, 2.45) is 0 Å². The molecule has 80 valence electrons. The van der Waals surface area contributed by atoms with Gasteiger partial charge in [-0.3, -0.25) is 9.59 Å². The number of carbonyl (C=O) groups is 2. The van der Waals surface area contributed by atoms with Crippen LogP contribution in [0.5, 0.6) is 5.75 Å². The first-order valence-corrected chi connectivity index (χ1v) is 6.26. The minimum Gasteiger partial charge on any atom is -0.495 e. The van der Waals surface area contributed by atoms with Crippen LogP contribution >= 0.6 is 38.5 Å². The van der Waals surface area contributed by atoms with E-state index in [0.717, 1.165) is 3.57 Å². The van der Waals surface area contributed by atoms with Crippen LogP contribution in [0.25, 0.3) is 0 Å². The van der Waals surface area contributed by atoms with Crippen LogP contribution in [0.1, 0.15) is 20.7 Å². The van der Waals surface area contributed by atoms with Crippen molar-refractivity contribution in [1.82, 2.24) is 0 Å². The summed E-state index contributed by atoms with van der Waals surface area (Å²) in [5, 5.41) is 0.244. The zero-order valence-electron chi connectivity index (χ0n) is 7.92. The van der Waals surface area contributed by atoms with E-state index in [1.807, 2.05) is 22.6 Å². The van der Waals surface area contributed by atoms with Gasteiger partial charge in [-0.25, -0.2) is 0 Å². The first-order valence-electron chi connectivity index (χ1n) is 4.06. The van der Waals surface area contributed by atoms with Crippen LogP contribution in [-0.2, 0) is 0 Å². The Labute approximate surface area is 109 Å². The molecule has 0 bridgehead atoms. The van der Waals surface area contributed by atoms with Crippen molar-refractivity contribution in [3.8, 4) is 5.75 Å². The average Bonchev–Trinajstić information content (AvgIpc) is 2.26. The quantitative estimate of drug-likeness (QED) is 0.348. The van der Waals surface area contributed by atoms with Crippen LogP contribution in [0.4, 0.5) is 0 Å². The summed E-state index contributed by atoms with van der Waals surface area (Å²) in [7, 11) is 1.50. The number of carbonyl (C=O) groups excluding carboxylic acids is 2. The molecule has 0 saturated heterocycles. The number of methoxy groups -OCH3 is 1. The zero-order valence-corrected chi connectivity index (χ0v) is 11.7. The maximum atomic E-state index is 11.4. The molecule has 5 heteroatoms. The van der Waals surface area contributed by atoms with E-state index in [4.69, 9.17) is 4.74 Å². The Hall–Kier alpha value is -0.430. The van der Waals surface area contributed by atoms with Crippen molar-refractivity contribution >= 4 is 50.6 Å². The molecule has 0 saturated carbocycles. The molecule has 15 heavy (non-hydrogen) atoms. The number of ether oxygens (including phenoxy) is 1. The molecule has 0 radical (unpaired) electrons. The molecule has 0 N–H and O–H groups in total. The number of rotatable bonds is 4. The van der Waals surface area contributed by atoms with Crippen LogP contribution < -0.4 is 4.74 Å². The Morgan fingerprint density at radius 3 is 2.73 bits per heavy atom. The molecule has 3 nitrogen and oxygen atoms in total. The summed E-state index contributed by atoms with van der Waals surface area (Å²) in [5.41, 5.74) is 0.910. The van der Waals surface area contributed by atoms with Gasteiger partial charge in [-0.05, 0) is 34.7 Å². The maximum absolute atomic E-state index is 11.4. The molecule has 0 aromatic heterocycles. The van der Waals surface area contributed by atoms with E-state index < -0.39 is 0 Å². The first kappa shape index (κ1) is 12.6. The van der Waals surface area contributed by atoms with Crippen LogP contribution in [-0.4, -0.2) is 24.5 Å². The largest absolute Gasteiger partial charge is 0.495 e. The Bertz CT molecular complexity index is 404. The lowest BCUT2D eigenvalue weighted by Gasteiger charge is -2.08. The second-order valence-corrected chi connectivity index (χ2v) is 4.48. The third kappa shape index (κ3) is 2.78. The van der Waals surface area contributed by atoms with Crippen molar-refractivity contribution in [1.29, 1.82) is 0 Å². The molecule has 1 aromatic carbocycles. The third-order valence-electron chi connectivity index (χ3n) is 1.85. The Morgan fingerprint density at radius 1 is 1.60 bits per heavy atom. The second kappa shape index (κ2) is 5.60. The van der Waals surface area contributed by atoms with Crippen LogP contribution in [0.3, 0.4) is 0 Å². The number of aldehydes is 1. The van der Waals surface area contributed by atoms with Gasteiger partial charge in [0.2, 0.25) is 0 Å². The lowest BCUT2D eigenvalue weighted by atomic mass is 10.1. The van der Waals surface area contributed by atoms with Gasteiger partial charge < -0.3 is 4.74 Å². The van der Waals surface area contributed by atoms with E-state index >= 15 is 0 Å². The fraction of sp³-hybridized carbons (Fsp3) is 0.200. The normalized spacial score (nSPS) is 9.80. The zero-order chi connectivity index (χ0) is 11.4. The van der Waals surface area contributed by atoms with Crippen LogP contribution in [0.15, 0.2) is 12.1 Å². The van der Waals surface area contributed by atoms with E-state index in [1.165, 1.54) is 13.2 Å². The summed E-state index contributed by atoms with van der Waals surface area (Å²) in [4.78, 5) is 22.2. The predicted octanol–water partition coefficient (Wildman–Crippen LogP) is 2.69. The van der Waals surface area contributed by atoms with E-state index in [0.29, 0.717) is 23.2 Å². The molecular weight excluding hydrogens is 375 g/mol. The molecule has 0 amide bonds. The van der Waals surface area contributed by atoms with E-state index in [9.17, 15) is 9.59 Å². The Kier molecular flexibility index (Phi) is 4.72.